The Morgan fingerprint density at radius 2 is 0.962 bits per heavy atom. The first-order chi connectivity index (χ1) is 37.1. The largest absolute Gasteiger partial charge is 0.454 e. The van der Waals surface area contributed by atoms with E-state index in [-0.39, 0.29) is 44.8 Å². The van der Waals surface area contributed by atoms with Crippen LogP contribution in [0.5, 0.6) is 0 Å². The minimum Gasteiger partial charge on any atom is -0.454 e. The molecule has 0 fully saturated rings. The maximum atomic E-state index is 7.49. The summed E-state index contributed by atoms with van der Waals surface area (Å²) in [6.45, 7) is 39.0. The van der Waals surface area contributed by atoms with Crippen LogP contribution in [-0.4, -0.2) is 6.85 Å². The second-order valence-electron chi connectivity index (χ2n) is 30.1. The zero-order valence-corrected chi connectivity index (χ0v) is 51.4. The van der Waals surface area contributed by atoms with Gasteiger partial charge in [0.15, 0.2) is 5.58 Å². The van der Waals surface area contributed by atoms with Crippen molar-refractivity contribution in [3.05, 3.63) is 148 Å². The number of thiophene rings is 2. The van der Waals surface area contributed by atoms with Crippen molar-refractivity contribution < 1.29 is 4.42 Å². The summed E-state index contributed by atoms with van der Waals surface area (Å²) in [4.78, 5) is 5.53. The molecule has 3 nitrogen and oxygen atoms in total. The molecule has 6 heteroatoms. The number of para-hydroxylation sites is 1. The van der Waals surface area contributed by atoms with Gasteiger partial charge in [-0.1, -0.05) is 140 Å². The van der Waals surface area contributed by atoms with E-state index in [1.807, 2.05) is 22.7 Å². The third-order valence-corrected chi connectivity index (χ3v) is 23.4. The highest BCUT2D eigenvalue weighted by molar-refractivity contribution is 7.32. The van der Waals surface area contributed by atoms with Crippen LogP contribution in [0.1, 0.15) is 187 Å². The molecule has 0 amide bonds. The van der Waals surface area contributed by atoms with Crippen molar-refractivity contribution in [2.24, 2.45) is 0 Å². The highest BCUT2D eigenvalue weighted by Crippen LogP contribution is 2.59. The quantitative estimate of drug-likeness (QED) is 0.161. The minimum atomic E-state index is -0.147. The predicted octanol–water partition coefficient (Wildman–Crippen LogP) is 20.5. The third kappa shape index (κ3) is 6.95. The first kappa shape index (κ1) is 50.2. The van der Waals surface area contributed by atoms with Crippen LogP contribution in [0.3, 0.4) is 0 Å². The van der Waals surface area contributed by atoms with Gasteiger partial charge in [0.05, 0.1) is 11.4 Å². The molecular formula is C73H77BN2OS2. The molecule has 10 aromatic rings. The van der Waals surface area contributed by atoms with Crippen molar-refractivity contribution in [2.75, 3.05) is 9.71 Å². The molecule has 5 aliphatic rings. The summed E-state index contributed by atoms with van der Waals surface area (Å²) in [5.41, 5.74) is 24.2. The lowest BCUT2D eigenvalue weighted by molar-refractivity contribution is 0.332. The molecule has 2 aliphatic heterocycles. The van der Waals surface area contributed by atoms with Crippen molar-refractivity contribution in [3.8, 4) is 11.1 Å². The molecule has 400 valence electrons. The number of furan rings is 1. The lowest BCUT2D eigenvalue weighted by Gasteiger charge is -2.46. The Balaban J connectivity index is 1.13. The molecule has 0 saturated heterocycles. The van der Waals surface area contributed by atoms with E-state index >= 15 is 0 Å². The average molecular weight is 1070 g/mol. The van der Waals surface area contributed by atoms with Crippen molar-refractivity contribution in [1.29, 1.82) is 0 Å². The lowest BCUT2D eigenvalue weighted by atomic mass is 9.46. The van der Waals surface area contributed by atoms with E-state index in [9.17, 15) is 0 Å². The monoisotopic (exact) mass is 1070 g/mol. The number of anilines is 5. The van der Waals surface area contributed by atoms with E-state index in [2.05, 4.69) is 224 Å². The van der Waals surface area contributed by atoms with Gasteiger partial charge in [-0.05, 0) is 206 Å². The van der Waals surface area contributed by atoms with Crippen molar-refractivity contribution in [2.45, 2.75) is 187 Å². The lowest BCUT2D eigenvalue weighted by Crippen LogP contribution is -2.60. The van der Waals surface area contributed by atoms with E-state index in [0.29, 0.717) is 0 Å². The van der Waals surface area contributed by atoms with Gasteiger partial charge in [-0.15, -0.1) is 22.7 Å². The molecule has 79 heavy (non-hydrogen) atoms. The Bertz CT molecular complexity index is 4330. The molecule has 0 spiro atoms. The number of fused-ring (bicyclic) bond motifs is 16. The maximum absolute atomic E-state index is 7.49. The van der Waals surface area contributed by atoms with Crippen LogP contribution < -0.4 is 20.0 Å². The molecular weight excluding hydrogens is 996 g/mol. The summed E-state index contributed by atoms with van der Waals surface area (Å²) in [6, 6.07) is 42.0. The fourth-order valence-electron chi connectivity index (χ4n) is 15.7. The number of nitrogens with zero attached hydrogens (tertiary/aromatic N) is 2. The zero-order chi connectivity index (χ0) is 55.2. The van der Waals surface area contributed by atoms with Crippen LogP contribution in [0.4, 0.5) is 28.4 Å². The van der Waals surface area contributed by atoms with Crippen LogP contribution in [0, 0.1) is 6.92 Å². The SMILES string of the molecule is Cc1cc2c(cc1N1c3c(sc4cc5c(cc34)C(C)(C)CCC5(C)C)B3c4c(cc5c(oc6ccccc65)c41)-c1cc4c(cc1N3c1ccc(C(C)(C)C)cc1)sc1cc3c(cc14)C(C)(C)CCC3(C)C)C(C)(C)CCC2(C)C. The van der Waals surface area contributed by atoms with E-state index < -0.39 is 0 Å². The average Bonchev–Trinajstić information content (AvgIpc) is 3.00. The number of benzene rings is 7. The molecule has 5 heterocycles. The molecule has 3 aliphatic carbocycles. The highest BCUT2D eigenvalue weighted by atomic mass is 32.1. The van der Waals surface area contributed by atoms with Gasteiger partial charge in [-0.2, -0.15) is 0 Å². The molecule has 15 rings (SSSR count). The van der Waals surface area contributed by atoms with Gasteiger partial charge in [0.2, 0.25) is 0 Å². The summed E-state index contributed by atoms with van der Waals surface area (Å²) < 4.78 is 13.0. The molecule has 0 bridgehead atoms. The molecule has 0 radical (unpaired) electrons. The van der Waals surface area contributed by atoms with E-state index in [1.54, 1.807) is 0 Å². The van der Waals surface area contributed by atoms with Gasteiger partial charge < -0.3 is 14.1 Å². The smallest absolute Gasteiger partial charge is 0.343 e. The van der Waals surface area contributed by atoms with Gasteiger partial charge in [0.1, 0.15) is 5.58 Å². The standard InChI is InChI=1S/C73H77BN2OS2/c1-40-31-50-53(71(11,12)28-25-68(50,5)6)36-56(40)75-63-49-35-52-55(73(15,16)30-27-70(52,9)10)38-60(49)79-66(63)74-62-47(33-48-43-19-17-18-20-58(43)77-65(48)64(62)75)44-32-45-46-34-51-54(72(13,14)29-26-69(51,7)8)37-59(46)78-61(45)39-57(44)76(74)42-23-21-41(22-24-42)67(2,3)4/h17-24,31-39H,25-30H2,1-16H3. The number of hydrogen-bond acceptors (Lipinski definition) is 5. The van der Waals surface area contributed by atoms with Crippen molar-refractivity contribution >= 4 is 120 Å². The van der Waals surface area contributed by atoms with Crippen molar-refractivity contribution in [3.63, 3.8) is 0 Å². The minimum absolute atomic E-state index is 0.0116. The van der Waals surface area contributed by atoms with Gasteiger partial charge in [-0.25, -0.2) is 0 Å². The predicted molar refractivity (Wildman–Crippen MR) is 345 cm³/mol. The van der Waals surface area contributed by atoms with Crippen molar-refractivity contribution in [1.82, 2.24) is 0 Å². The second kappa shape index (κ2) is 15.8. The fourth-order valence-corrected chi connectivity index (χ4v) is 18.1. The molecule has 7 aromatic carbocycles. The number of hydrogen-bond donors (Lipinski definition) is 0. The molecule has 0 saturated carbocycles. The summed E-state index contributed by atoms with van der Waals surface area (Å²) >= 11 is 4.04. The Hall–Kier alpha value is -5.82. The van der Waals surface area contributed by atoms with E-state index in [1.165, 1.54) is 156 Å². The highest BCUT2D eigenvalue weighted by Gasteiger charge is 2.51. The number of rotatable bonds is 2. The second-order valence-corrected chi connectivity index (χ2v) is 32.3. The number of aryl methyl sites for hydroxylation is 1. The summed E-state index contributed by atoms with van der Waals surface area (Å²) in [5.74, 6) is 0. The topological polar surface area (TPSA) is 19.6 Å². The Morgan fingerprint density at radius 1 is 0.468 bits per heavy atom. The van der Waals surface area contributed by atoms with E-state index in [4.69, 9.17) is 4.42 Å². The third-order valence-electron chi connectivity index (χ3n) is 21.1. The van der Waals surface area contributed by atoms with Crippen LogP contribution in [-0.2, 0) is 37.9 Å². The summed E-state index contributed by atoms with van der Waals surface area (Å²) in [6.07, 6.45) is 7.07. The van der Waals surface area contributed by atoms with Gasteiger partial charge >= 0.3 is 6.85 Å². The van der Waals surface area contributed by atoms with Gasteiger partial charge in [0.25, 0.3) is 0 Å². The first-order valence-corrected chi connectivity index (χ1v) is 31.3. The van der Waals surface area contributed by atoms with E-state index in [0.717, 1.165) is 29.4 Å². The van der Waals surface area contributed by atoms with Crippen LogP contribution >= 0.6 is 22.7 Å². The Kier molecular flexibility index (Phi) is 10.0. The summed E-state index contributed by atoms with van der Waals surface area (Å²) in [7, 11) is 0. The van der Waals surface area contributed by atoms with Gasteiger partial charge in [0, 0.05) is 68.4 Å². The molecule has 0 atom stereocenters. The molecule has 0 N–H and O–H groups in total. The fraction of sp³-hybridized carbons (Fsp3) is 0.397. The van der Waals surface area contributed by atoms with Crippen LogP contribution in [0.2, 0.25) is 0 Å². The Morgan fingerprint density at radius 3 is 1.56 bits per heavy atom. The Labute approximate surface area is 477 Å². The zero-order valence-electron chi connectivity index (χ0n) is 49.8. The van der Waals surface area contributed by atoms with Crippen LogP contribution in [0.25, 0.3) is 63.3 Å². The molecule has 3 aromatic heterocycles. The maximum Gasteiger partial charge on any atom is 0.343 e. The normalized spacial score (nSPS) is 19.9. The van der Waals surface area contributed by atoms with Crippen LogP contribution in [0.15, 0.2) is 108 Å². The van der Waals surface area contributed by atoms with Gasteiger partial charge in [-0.3, -0.25) is 0 Å². The first-order valence-electron chi connectivity index (χ1n) is 29.6. The summed E-state index contributed by atoms with van der Waals surface area (Å²) in [5, 5.41) is 6.44. The molecule has 0 unspecified atom stereocenters.